The molecule has 0 aliphatic carbocycles. The lowest BCUT2D eigenvalue weighted by molar-refractivity contribution is -0.124. The molecule has 3 amide bonds. The molecule has 0 aromatic heterocycles. The van der Waals surface area contributed by atoms with E-state index in [4.69, 9.17) is 9.47 Å². The highest BCUT2D eigenvalue weighted by Crippen LogP contribution is 2.23. The third-order valence-corrected chi connectivity index (χ3v) is 4.79. The smallest absolute Gasteiger partial charge is 0.273 e. The summed E-state index contributed by atoms with van der Waals surface area (Å²) in [7, 11) is 1.55. The number of carbonyl (C=O) groups is 3. The number of halogens is 1. The van der Waals surface area contributed by atoms with Crippen LogP contribution in [0.3, 0.4) is 0 Å². The fourth-order valence-corrected chi connectivity index (χ4v) is 2.97. The first kappa shape index (κ1) is 24.4. The number of methoxy groups -OCH3 is 1. The largest absolute Gasteiger partial charge is 0.490 e. The number of rotatable bonds is 9. The molecular formula is C22H26BrN3O5. The fraction of sp³-hybridized carbons (Fsp3) is 0.318. The van der Waals surface area contributed by atoms with Gasteiger partial charge in [0.25, 0.3) is 5.91 Å². The Hall–Kier alpha value is -2.91. The maximum Gasteiger partial charge on any atom is 0.273 e. The normalized spacial score (nSPS) is 10.3. The summed E-state index contributed by atoms with van der Waals surface area (Å²) in [6, 6.07) is 10.7. The van der Waals surface area contributed by atoms with Gasteiger partial charge in [-0.25, -0.2) is 0 Å². The number of amides is 3. The molecule has 0 bridgehead atoms. The molecule has 0 heterocycles. The zero-order chi connectivity index (χ0) is 22.8. The molecule has 9 heteroatoms. The van der Waals surface area contributed by atoms with Gasteiger partial charge in [0.2, 0.25) is 11.8 Å². The van der Waals surface area contributed by atoms with Crippen LogP contribution in [-0.4, -0.2) is 38.0 Å². The SMILES string of the molecule is COCCOc1ccc(Br)cc1C(=O)NNC(=O)CCC(=O)Nc1cc(C)ccc1C. The van der Waals surface area contributed by atoms with Crippen molar-refractivity contribution in [2.24, 2.45) is 0 Å². The number of ether oxygens (including phenoxy) is 2. The summed E-state index contributed by atoms with van der Waals surface area (Å²) in [6.45, 7) is 4.48. The maximum absolute atomic E-state index is 12.5. The molecule has 166 valence electrons. The zero-order valence-electron chi connectivity index (χ0n) is 17.7. The highest BCUT2D eigenvalue weighted by molar-refractivity contribution is 9.10. The minimum Gasteiger partial charge on any atom is -0.490 e. The molecule has 0 aliphatic rings. The lowest BCUT2D eigenvalue weighted by Crippen LogP contribution is -2.42. The molecule has 3 N–H and O–H groups in total. The highest BCUT2D eigenvalue weighted by Gasteiger charge is 2.15. The van der Waals surface area contributed by atoms with Crippen molar-refractivity contribution in [1.82, 2.24) is 10.9 Å². The second-order valence-electron chi connectivity index (χ2n) is 6.85. The van der Waals surface area contributed by atoms with E-state index in [1.54, 1.807) is 25.3 Å². The monoisotopic (exact) mass is 491 g/mol. The summed E-state index contributed by atoms with van der Waals surface area (Å²) in [6.07, 6.45) is -0.0932. The third kappa shape index (κ3) is 8.03. The number of hydrogen-bond donors (Lipinski definition) is 3. The summed E-state index contributed by atoms with van der Waals surface area (Å²) in [5.41, 5.74) is 7.60. The van der Waals surface area contributed by atoms with Crippen molar-refractivity contribution in [2.45, 2.75) is 26.7 Å². The van der Waals surface area contributed by atoms with E-state index in [9.17, 15) is 14.4 Å². The number of nitrogens with one attached hydrogen (secondary N) is 3. The van der Waals surface area contributed by atoms with Crippen molar-refractivity contribution >= 4 is 39.3 Å². The van der Waals surface area contributed by atoms with Gasteiger partial charge in [-0.2, -0.15) is 0 Å². The molecule has 0 fully saturated rings. The van der Waals surface area contributed by atoms with Crippen molar-refractivity contribution in [3.8, 4) is 5.75 Å². The van der Waals surface area contributed by atoms with Crippen LogP contribution in [0.4, 0.5) is 5.69 Å². The Labute approximate surface area is 189 Å². The molecule has 0 radical (unpaired) electrons. The molecule has 0 spiro atoms. The Morgan fingerprint density at radius 2 is 1.68 bits per heavy atom. The summed E-state index contributed by atoms with van der Waals surface area (Å²) < 4.78 is 11.2. The van der Waals surface area contributed by atoms with E-state index in [0.717, 1.165) is 16.8 Å². The zero-order valence-corrected chi connectivity index (χ0v) is 19.3. The molecule has 0 saturated carbocycles. The predicted molar refractivity (Wildman–Crippen MR) is 121 cm³/mol. The van der Waals surface area contributed by atoms with Gasteiger partial charge in [0, 0.05) is 30.1 Å². The second kappa shape index (κ2) is 12.1. The lowest BCUT2D eigenvalue weighted by Gasteiger charge is -2.13. The highest BCUT2D eigenvalue weighted by atomic mass is 79.9. The van der Waals surface area contributed by atoms with E-state index < -0.39 is 11.8 Å². The van der Waals surface area contributed by atoms with Crippen molar-refractivity contribution in [3.63, 3.8) is 0 Å². The Morgan fingerprint density at radius 1 is 0.935 bits per heavy atom. The number of anilines is 1. The standard InChI is InChI=1S/C22H26BrN3O5/c1-14-4-5-15(2)18(12-14)24-20(27)8-9-21(28)25-26-22(29)17-13-16(23)6-7-19(17)31-11-10-30-3/h4-7,12-13H,8-11H2,1-3H3,(H,24,27)(H,25,28)(H,26,29). The molecule has 0 saturated heterocycles. The van der Waals surface area contributed by atoms with Crippen LogP contribution in [0.25, 0.3) is 0 Å². The van der Waals surface area contributed by atoms with Crippen LogP contribution in [-0.2, 0) is 14.3 Å². The molecule has 31 heavy (non-hydrogen) atoms. The van der Waals surface area contributed by atoms with Gasteiger partial charge in [0.05, 0.1) is 12.2 Å². The number of aryl methyl sites for hydroxylation is 2. The van der Waals surface area contributed by atoms with Crippen LogP contribution in [0.5, 0.6) is 5.75 Å². The molecule has 2 aromatic rings. The Morgan fingerprint density at radius 3 is 2.42 bits per heavy atom. The Balaban J connectivity index is 1.84. The summed E-state index contributed by atoms with van der Waals surface area (Å²) in [5, 5.41) is 2.80. The molecule has 8 nitrogen and oxygen atoms in total. The van der Waals surface area contributed by atoms with Crippen LogP contribution in [0.1, 0.15) is 34.3 Å². The topological polar surface area (TPSA) is 106 Å². The van der Waals surface area contributed by atoms with Crippen LogP contribution < -0.4 is 20.9 Å². The van der Waals surface area contributed by atoms with E-state index in [2.05, 4.69) is 32.1 Å². The average molecular weight is 492 g/mol. The first-order valence-corrected chi connectivity index (χ1v) is 10.5. The second-order valence-corrected chi connectivity index (χ2v) is 7.77. The quantitative estimate of drug-likeness (QED) is 0.368. The molecule has 0 unspecified atom stereocenters. The van der Waals surface area contributed by atoms with Crippen molar-refractivity contribution in [2.75, 3.05) is 25.6 Å². The molecule has 0 aliphatic heterocycles. The van der Waals surface area contributed by atoms with Crippen LogP contribution in [0.15, 0.2) is 40.9 Å². The van der Waals surface area contributed by atoms with E-state index in [1.165, 1.54) is 0 Å². The van der Waals surface area contributed by atoms with Gasteiger partial charge in [-0.05, 0) is 49.2 Å². The van der Waals surface area contributed by atoms with Gasteiger partial charge < -0.3 is 14.8 Å². The molecular weight excluding hydrogens is 466 g/mol. The van der Waals surface area contributed by atoms with Gasteiger partial charge in [-0.3, -0.25) is 25.2 Å². The summed E-state index contributed by atoms with van der Waals surface area (Å²) in [4.78, 5) is 36.7. The fourth-order valence-electron chi connectivity index (χ4n) is 2.61. The first-order chi connectivity index (χ1) is 14.8. The van der Waals surface area contributed by atoms with Gasteiger partial charge >= 0.3 is 0 Å². The van der Waals surface area contributed by atoms with Crippen molar-refractivity contribution in [3.05, 3.63) is 57.6 Å². The molecule has 0 atom stereocenters. The molecule has 2 aromatic carbocycles. The average Bonchev–Trinajstić information content (AvgIpc) is 2.74. The Bertz CT molecular complexity index is 949. The third-order valence-electron chi connectivity index (χ3n) is 4.29. The minimum absolute atomic E-state index is 0.0165. The number of benzene rings is 2. The van der Waals surface area contributed by atoms with Crippen LogP contribution in [0, 0.1) is 13.8 Å². The predicted octanol–water partition coefficient (Wildman–Crippen LogP) is 3.27. The van der Waals surface area contributed by atoms with E-state index >= 15 is 0 Å². The molecule has 2 rings (SSSR count). The van der Waals surface area contributed by atoms with Gasteiger partial charge in [-0.1, -0.05) is 28.1 Å². The van der Waals surface area contributed by atoms with E-state index in [1.807, 2.05) is 32.0 Å². The van der Waals surface area contributed by atoms with Crippen LogP contribution >= 0.6 is 15.9 Å². The van der Waals surface area contributed by atoms with E-state index in [-0.39, 0.29) is 30.9 Å². The Kier molecular flexibility index (Phi) is 9.48. The van der Waals surface area contributed by atoms with Crippen LogP contribution in [0.2, 0.25) is 0 Å². The number of hydrazine groups is 1. The first-order valence-electron chi connectivity index (χ1n) is 9.67. The maximum atomic E-state index is 12.5. The summed E-state index contributed by atoms with van der Waals surface area (Å²) in [5.74, 6) is -0.945. The number of carbonyl (C=O) groups excluding carboxylic acids is 3. The minimum atomic E-state index is -0.540. The van der Waals surface area contributed by atoms with Gasteiger partial charge in [0.1, 0.15) is 12.4 Å². The van der Waals surface area contributed by atoms with E-state index in [0.29, 0.717) is 16.8 Å². The van der Waals surface area contributed by atoms with Gasteiger partial charge in [-0.15, -0.1) is 0 Å². The summed E-state index contributed by atoms with van der Waals surface area (Å²) >= 11 is 3.31. The van der Waals surface area contributed by atoms with Crippen molar-refractivity contribution < 1.29 is 23.9 Å². The van der Waals surface area contributed by atoms with Crippen molar-refractivity contribution in [1.29, 1.82) is 0 Å². The lowest BCUT2D eigenvalue weighted by atomic mass is 10.1. The number of hydrogen-bond acceptors (Lipinski definition) is 5. The van der Waals surface area contributed by atoms with Gasteiger partial charge in [0.15, 0.2) is 0 Å².